The van der Waals surface area contributed by atoms with Gasteiger partial charge in [0.25, 0.3) is 0 Å². The van der Waals surface area contributed by atoms with Crippen LogP contribution in [0.3, 0.4) is 0 Å². The molecule has 3 nitrogen and oxygen atoms in total. The molecule has 0 heterocycles. The van der Waals surface area contributed by atoms with Crippen molar-refractivity contribution in [2.75, 3.05) is 0 Å². The maximum absolute atomic E-state index is 9.63. The van der Waals surface area contributed by atoms with E-state index < -0.39 is 14.7 Å². The van der Waals surface area contributed by atoms with E-state index in [-0.39, 0.29) is 31.0 Å². The van der Waals surface area contributed by atoms with Gasteiger partial charge in [-0.3, -0.25) is 0 Å². The standard InChI is InChI=1S/C2H4O3P.Na.H/c1-2(3)5-6-4;;/h6H,1H3;;/q2*+1;-1. The summed E-state index contributed by atoms with van der Waals surface area (Å²) in [5, 5.41) is 0. The topological polar surface area (TPSA) is 43.4 Å². The Hall–Kier alpha value is 0.570. The van der Waals surface area contributed by atoms with Gasteiger partial charge in [0, 0.05) is 6.92 Å². The fourth-order valence-electron chi connectivity index (χ4n) is 0.0587. The molecule has 0 aliphatic carbocycles. The fraction of sp³-hybridized carbons (Fsp3) is 0.500. The Morgan fingerprint density at radius 2 is 2.29 bits per heavy atom. The van der Waals surface area contributed by atoms with E-state index in [9.17, 15) is 9.36 Å². The van der Waals surface area contributed by atoms with E-state index in [0.29, 0.717) is 0 Å². The molecule has 0 bridgehead atoms. The molecule has 0 radical (unpaired) electrons. The van der Waals surface area contributed by atoms with Crippen molar-refractivity contribution >= 4 is 14.7 Å². The van der Waals surface area contributed by atoms with E-state index >= 15 is 0 Å². The third-order valence-corrected chi connectivity index (χ3v) is 0.556. The van der Waals surface area contributed by atoms with E-state index in [1.54, 1.807) is 0 Å². The van der Waals surface area contributed by atoms with Gasteiger partial charge in [-0.2, -0.15) is 0 Å². The summed E-state index contributed by atoms with van der Waals surface area (Å²) in [5.41, 5.74) is 0. The summed E-state index contributed by atoms with van der Waals surface area (Å²) in [4.78, 5) is 9.63. The first-order valence-electron chi connectivity index (χ1n) is 1.32. The zero-order valence-electron chi connectivity index (χ0n) is 5.22. The Kier molecular flexibility index (Phi) is 9.89. The van der Waals surface area contributed by atoms with Crippen LogP contribution < -0.4 is 29.6 Å². The van der Waals surface area contributed by atoms with E-state index in [2.05, 4.69) is 4.52 Å². The van der Waals surface area contributed by atoms with E-state index in [1.165, 1.54) is 6.92 Å². The maximum Gasteiger partial charge on any atom is 1.00 e. The molecule has 0 rings (SSSR count). The summed E-state index contributed by atoms with van der Waals surface area (Å²) in [5.74, 6) is -0.511. The van der Waals surface area contributed by atoms with Crippen LogP contribution in [0.2, 0.25) is 0 Å². The molecule has 0 aliphatic rings. The van der Waals surface area contributed by atoms with Crippen molar-refractivity contribution in [3.05, 3.63) is 0 Å². The normalized spacial score (nSPS) is 7.00. The van der Waals surface area contributed by atoms with Crippen molar-refractivity contribution in [1.82, 2.24) is 0 Å². The van der Waals surface area contributed by atoms with Gasteiger partial charge >= 0.3 is 44.2 Å². The molecule has 0 amide bonds. The summed E-state index contributed by atoms with van der Waals surface area (Å²) in [7, 11) is -0.961. The summed E-state index contributed by atoms with van der Waals surface area (Å²) in [6, 6.07) is 0. The summed E-state index contributed by atoms with van der Waals surface area (Å²) in [6.07, 6.45) is 0. The third kappa shape index (κ3) is 10.8. The molecule has 7 heavy (non-hydrogen) atoms. The van der Waals surface area contributed by atoms with Crippen LogP contribution in [0, 0.1) is 0 Å². The minimum Gasteiger partial charge on any atom is -1.00 e. The molecule has 0 spiro atoms. The van der Waals surface area contributed by atoms with Crippen molar-refractivity contribution in [2.45, 2.75) is 6.92 Å². The predicted octanol–water partition coefficient (Wildman–Crippen LogP) is -2.40. The summed E-state index contributed by atoms with van der Waals surface area (Å²) in [6.45, 7) is 1.20. The number of carbonyl (C=O) groups is 1. The first-order chi connectivity index (χ1) is 2.77. The minimum atomic E-state index is -0.961. The van der Waals surface area contributed by atoms with Crippen LogP contribution in [0.25, 0.3) is 0 Å². The molecule has 0 aromatic rings. The smallest absolute Gasteiger partial charge is 1.00 e. The quantitative estimate of drug-likeness (QED) is 0.294. The average Bonchev–Trinajstić information content (AvgIpc) is 1.35. The van der Waals surface area contributed by atoms with Crippen LogP contribution in [0.15, 0.2) is 0 Å². The van der Waals surface area contributed by atoms with Crippen LogP contribution in [-0.4, -0.2) is 5.97 Å². The second kappa shape index (κ2) is 6.57. The minimum absolute atomic E-state index is 0. The van der Waals surface area contributed by atoms with Crippen LogP contribution in [0.4, 0.5) is 0 Å². The van der Waals surface area contributed by atoms with Gasteiger partial charge in [-0.25, -0.2) is 9.32 Å². The second-order valence-electron chi connectivity index (χ2n) is 0.677. The Balaban J connectivity index is -0.000000125. The molecular weight excluding hydrogens is 126 g/mol. The average molecular weight is 131 g/mol. The molecule has 1 atom stereocenters. The number of hydrogen-bond acceptors (Lipinski definition) is 3. The number of rotatable bonds is 1. The molecule has 0 saturated heterocycles. The largest absolute Gasteiger partial charge is 1.00 e. The van der Waals surface area contributed by atoms with Gasteiger partial charge in [-0.1, -0.05) is 0 Å². The summed E-state index contributed by atoms with van der Waals surface area (Å²) < 4.78 is 13.2. The van der Waals surface area contributed by atoms with Crippen molar-refractivity contribution in [3.63, 3.8) is 0 Å². The molecule has 0 aromatic heterocycles. The zero-order chi connectivity index (χ0) is 4.99. The van der Waals surface area contributed by atoms with E-state index in [0.717, 1.165) is 0 Å². The Morgan fingerprint density at radius 3 is 2.29 bits per heavy atom. The Morgan fingerprint density at radius 1 is 1.86 bits per heavy atom. The molecule has 0 N–H and O–H groups in total. The molecule has 1 unspecified atom stereocenters. The second-order valence-corrected chi connectivity index (χ2v) is 1.05. The third-order valence-electron chi connectivity index (χ3n) is 0.185. The van der Waals surface area contributed by atoms with Crippen molar-refractivity contribution < 1.29 is 44.9 Å². The molecule has 0 fully saturated rings. The van der Waals surface area contributed by atoms with Crippen molar-refractivity contribution in [1.29, 1.82) is 0 Å². The molecule has 5 heteroatoms. The molecule has 0 saturated carbocycles. The van der Waals surface area contributed by atoms with Crippen molar-refractivity contribution in [3.8, 4) is 0 Å². The van der Waals surface area contributed by atoms with Gasteiger partial charge in [-0.15, -0.1) is 0 Å². The Labute approximate surface area is 66.5 Å². The van der Waals surface area contributed by atoms with E-state index in [1.807, 2.05) is 0 Å². The van der Waals surface area contributed by atoms with E-state index in [4.69, 9.17) is 0 Å². The molecular formula is C2H5NaO3P+. The van der Waals surface area contributed by atoms with Gasteiger partial charge < -0.3 is 1.43 Å². The van der Waals surface area contributed by atoms with Crippen LogP contribution >= 0.6 is 8.69 Å². The maximum atomic E-state index is 9.63. The SMILES string of the molecule is CC(=O)O[PH+]=O.[H-].[Na+]. The first-order valence-corrected chi connectivity index (χ1v) is 2.13. The predicted molar refractivity (Wildman–Crippen MR) is 21.9 cm³/mol. The van der Waals surface area contributed by atoms with Crippen LogP contribution in [-0.2, 0) is 13.9 Å². The monoisotopic (exact) mass is 131 g/mol. The molecule has 0 aromatic carbocycles. The summed E-state index contributed by atoms with van der Waals surface area (Å²) >= 11 is 0. The fourth-order valence-corrected chi connectivity index (χ4v) is 0.176. The first kappa shape index (κ1) is 10.5. The van der Waals surface area contributed by atoms with Gasteiger partial charge in [0.1, 0.15) is 0 Å². The molecule has 36 valence electrons. The van der Waals surface area contributed by atoms with Gasteiger partial charge in [0.2, 0.25) is 0 Å². The van der Waals surface area contributed by atoms with Crippen molar-refractivity contribution in [2.24, 2.45) is 0 Å². The van der Waals surface area contributed by atoms with Crippen LogP contribution in [0.5, 0.6) is 0 Å². The number of carbonyl (C=O) groups excluding carboxylic acids is 1. The van der Waals surface area contributed by atoms with Crippen LogP contribution in [0.1, 0.15) is 8.35 Å². The van der Waals surface area contributed by atoms with Gasteiger partial charge in [-0.05, 0) is 4.57 Å². The number of hydrogen-bond donors (Lipinski definition) is 0. The Bertz CT molecular complexity index is 77.7. The molecule has 0 aliphatic heterocycles. The van der Waals surface area contributed by atoms with Gasteiger partial charge in [0.05, 0.1) is 0 Å². The van der Waals surface area contributed by atoms with Gasteiger partial charge in [0.15, 0.2) is 0 Å². The zero-order valence-corrected chi connectivity index (χ0v) is 7.22.